The van der Waals surface area contributed by atoms with E-state index in [0.29, 0.717) is 16.0 Å². The summed E-state index contributed by atoms with van der Waals surface area (Å²) in [4.78, 5) is 9.42. The molecule has 0 saturated carbocycles. The molecule has 1 aromatic heterocycles. The van der Waals surface area contributed by atoms with Gasteiger partial charge < -0.3 is 5.73 Å². The van der Waals surface area contributed by atoms with Crippen molar-refractivity contribution in [1.82, 2.24) is 9.97 Å². The number of anilines is 1. The third-order valence-electron chi connectivity index (χ3n) is 1.94. The van der Waals surface area contributed by atoms with Crippen LogP contribution in [0.15, 0.2) is 45.4 Å². The number of thioether (sulfide) groups is 1. The van der Waals surface area contributed by atoms with Crippen LogP contribution in [0.25, 0.3) is 0 Å². The quantitative estimate of drug-likeness (QED) is 0.530. The van der Waals surface area contributed by atoms with Crippen molar-refractivity contribution in [2.24, 2.45) is 0 Å². The fourth-order valence-corrected chi connectivity index (χ4v) is 2.75. The molecule has 0 unspecified atom stereocenters. The zero-order valence-electron chi connectivity index (χ0n) is 9.05. The van der Waals surface area contributed by atoms with E-state index in [1.165, 1.54) is 23.5 Å². The number of nitrogens with two attached hydrogens (primary N) is 1. The summed E-state index contributed by atoms with van der Waals surface area (Å²) in [5.41, 5.74) is 5.72. The van der Waals surface area contributed by atoms with Crippen molar-refractivity contribution in [2.45, 2.75) is 15.1 Å². The summed E-state index contributed by atoms with van der Waals surface area (Å²) in [6.07, 6.45) is 1.92. The molecule has 0 radical (unpaired) electrons. The van der Waals surface area contributed by atoms with Gasteiger partial charge in [-0.25, -0.2) is 9.97 Å². The van der Waals surface area contributed by atoms with Crippen LogP contribution in [0.1, 0.15) is 0 Å². The Labute approximate surface area is 113 Å². The maximum Gasteiger partial charge on any atom is 0.190 e. The first-order valence-electron chi connectivity index (χ1n) is 4.80. The van der Waals surface area contributed by atoms with Crippen LogP contribution in [0, 0.1) is 0 Å². The average molecular weight is 284 g/mol. The zero-order valence-corrected chi connectivity index (χ0v) is 11.4. The minimum Gasteiger partial charge on any atom is -0.384 e. The lowest BCUT2D eigenvalue weighted by Crippen LogP contribution is -1.95. The van der Waals surface area contributed by atoms with Crippen LogP contribution in [0.4, 0.5) is 5.82 Å². The van der Waals surface area contributed by atoms with E-state index in [1.54, 1.807) is 6.07 Å². The molecular weight excluding hydrogens is 274 g/mol. The van der Waals surface area contributed by atoms with E-state index in [9.17, 15) is 0 Å². The summed E-state index contributed by atoms with van der Waals surface area (Å²) in [5, 5.41) is 2.18. The number of hydrogen-bond acceptors (Lipinski definition) is 5. The molecule has 1 aromatic carbocycles. The molecule has 0 aliphatic carbocycles. The van der Waals surface area contributed by atoms with Crippen LogP contribution in [-0.2, 0) is 0 Å². The van der Waals surface area contributed by atoms with Crippen molar-refractivity contribution in [2.75, 3.05) is 12.0 Å². The summed E-state index contributed by atoms with van der Waals surface area (Å²) in [6, 6.07) is 9.38. The first-order valence-corrected chi connectivity index (χ1v) is 7.22. The molecule has 2 N–H and O–H groups in total. The molecule has 17 heavy (non-hydrogen) atoms. The number of aromatic nitrogens is 2. The van der Waals surface area contributed by atoms with Crippen molar-refractivity contribution in [3.05, 3.63) is 35.4 Å². The number of benzene rings is 1. The molecule has 1 heterocycles. The fraction of sp³-hybridized carbons (Fsp3) is 0.0909. The van der Waals surface area contributed by atoms with Gasteiger partial charge in [0.25, 0.3) is 0 Å². The van der Waals surface area contributed by atoms with E-state index in [0.717, 1.165) is 9.92 Å². The summed E-state index contributed by atoms with van der Waals surface area (Å²) in [5.74, 6) is 0.471. The molecule has 0 aliphatic heterocycles. The average Bonchev–Trinajstić information content (AvgIpc) is 2.31. The highest BCUT2D eigenvalue weighted by Crippen LogP contribution is 2.32. The highest BCUT2D eigenvalue weighted by molar-refractivity contribution is 7.99. The Kier molecular flexibility index (Phi) is 4.15. The molecule has 0 bridgehead atoms. The third-order valence-corrected chi connectivity index (χ3v) is 3.92. The van der Waals surface area contributed by atoms with Gasteiger partial charge in [-0.15, -0.1) is 0 Å². The molecule has 0 aliphatic rings. The SMILES string of the molecule is CSc1nc(N)cc(Sc2ccccc2Cl)n1. The maximum atomic E-state index is 6.09. The summed E-state index contributed by atoms with van der Waals surface area (Å²) < 4.78 is 0. The Morgan fingerprint density at radius 1 is 1.24 bits per heavy atom. The predicted octanol–water partition coefficient (Wildman–Crippen LogP) is 3.59. The number of halogens is 1. The van der Waals surface area contributed by atoms with Crippen LogP contribution in [0.3, 0.4) is 0 Å². The maximum absolute atomic E-state index is 6.09. The van der Waals surface area contributed by atoms with Crippen molar-refractivity contribution < 1.29 is 0 Å². The van der Waals surface area contributed by atoms with E-state index >= 15 is 0 Å². The molecule has 2 rings (SSSR count). The monoisotopic (exact) mass is 283 g/mol. The van der Waals surface area contributed by atoms with Crippen molar-refractivity contribution in [3.8, 4) is 0 Å². The molecule has 0 spiro atoms. The highest BCUT2D eigenvalue weighted by Gasteiger charge is 2.06. The molecule has 0 amide bonds. The summed E-state index contributed by atoms with van der Waals surface area (Å²) in [6.45, 7) is 0. The fourth-order valence-electron chi connectivity index (χ4n) is 1.20. The Morgan fingerprint density at radius 3 is 2.71 bits per heavy atom. The Balaban J connectivity index is 2.30. The third kappa shape index (κ3) is 3.28. The van der Waals surface area contributed by atoms with Gasteiger partial charge in [0, 0.05) is 11.0 Å². The molecule has 0 atom stereocenters. The molecule has 0 fully saturated rings. The van der Waals surface area contributed by atoms with E-state index in [2.05, 4.69) is 9.97 Å². The molecule has 2 aromatic rings. The molecular formula is C11H10ClN3S2. The molecule has 0 saturated heterocycles. The van der Waals surface area contributed by atoms with Gasteiger partial charge in [0.1, 0.15) is 10.8 Å². The van der Waals surface area contributed by atoms with Gasteiger partial charge in [-0.3, -0.25) is 0 Å². The second kappa shape index (κ2) is 5.62. The minimum atomic E-state index is 0.471. The van der Waals surface area contributed by atoms with Gasteiger partial charge in [0.2, 0.25) is 0 Å². The van der Waals surface area contributed by atoms with Crippen molar-refractivity contribution in [1.29, 1.82) is 0 Å². The number of nitrogen functional groups attached to an aromatic ring is 1. The van der Waals surface area contributed by atoms with E-state index in [-0.39, 0.29) is 0 Å². The van der Waals surface area contributed by atoms with Crippen molar-refractivity contribution >= 4 is 40.9 Å². The second-order valence-corrected chi connectivity index (χ2v) is 5.39. The highest BCUT2D eigenvalue weighted by atomic mass is 35.5. The lowest BCUT2D eigenvalue weighted by Gasteiger charge is -2.05. The summed E-state index contributed by atoms with van der Waals surface area (Å²) in [7, 11) is 0. The Hall–Kier alpha value is -0.910. The van der Waals surface area contributed by atoms with Crippen molar-refractivity contribution in [3.63, 3.8) is 0 Å². The number of nitrogens with zero attached hydrogens (tertiary/aromatic N) is 2. The predicted molar refractivity (Wildman–Crippen MR) is 73.8 cm³/mol. The normalized spacial score (nSPS) is 10.5. The zero-order chi connectivity index (χ0) is 12.3. The van der Waals surface area contributed by atoms with Gasteiger partial charge in [0.05, 0.1) is 5.02 Å². The van der Waals surface area contributed by atoms with Gasteiger partial charge >= 0.3 is 0 Å². The minimum absolute atomic E-state index is 0.471. The van der Waals surface area contributed by atoms with Crippen LogP contribution >= 0.6 is 35.1 Å². The molecule has 3 nitrogen and oxygen atoms in total. The largest absolute Gasteiger partial charge is 0.384 e. The van der Waals surface area contributed by atoms with Crippen LogP contribution in [-0.4, -0.2) is 16.2 Å². The topological polar surface area (TPSA) is 51.8 Å². The van der Waals surface area contributed by atoms with E-state index in [1.807, 2.05) is 30.5 Å². The second-order valence-electron chi connectivity index (χ2n) is 3.15. The van der Waals surface area contributed by atoms with Crippen LogP contribution < -0.4 is 5.73 Å². The lowest BCUT2D eigenvalue weighted by molar-refractivity contribution is 0.902. The van der Waals surface area contributed by atoms with Gasteiger partial charge in [-0.05, 0) is 18.4 Å². The lowest BCUT2D eigenvalue weighted by atomic mass is 10.4. The number of hydrogen-bond donors (Lipinski definition) is 1. The molecule has 6 heteroatoms. The Morgan fingerprint density at radius 2 is 2.00 bits per heavy atom. The smallest absolute Gasteiger partial charge is 0.190 e. The van der Waals surface area contributed by atoms with Crippen LogP contribution in [0.2, 0.25) is 5.02 Å². The van der Waals surface area contributed by atoms with Gasteiger partial charge in [-0.1, -0.05) is 47.3 Å². The molecule has 88 valence electrons. The standard InChI is InChI=1S/C11H10ClN3S2/c1-16-11-14-9(13)6-10(15-11)17-8-5-3-2-4-7(8)12/h2-6H,1H3,(H2,13,14,15). The van der Waals surface area contributed by atoms with Gasteiger partial charge in [-0.2, -0.15) is 0 Å². The first-order chi connectivity index (χ1) is 8.19. The number of rotatable bonds is 3. The van der Waals surface area contributed by atoms with Crippen LogP contribution in [0.5, 0.6) is 0 Å². The van der Waals surface area contributed by atoms with E-state index < -0.39 is 0 Å². The summed E-state index contributed by atoms with van der Waals surface area (Å²) >= 11 is 9.03. The van der Waals surface area contributed by atoms with E-state index in [4.69, 9.17) is 17.3 Å². The van der Waals surface area contributed by atoms with Gasteiger partial charge in [0.15, 0.2) is 5.16 Å². The first kappa shape index (κ1) is 12.5. The Bertz CT molecular complexity index is 534.